The standard InChI is InChI=1S/C12H19N3O3S/c1-4-15(5-2)7-10(16)14-12-13-9(8-19-12)6-11(17)18-3/h8H,4-7H2,1-3H3,(H,13,14,16). The van der Waals surface area contributed by atoms with Crippen LogP contribution in [-0.4, -0.2) is 48.5 Å². The van der Waals surface area contributed by atoms with Gasteiger partial charge in [0.1, 0.15) is 0 Å². The van der Waals surface area contributed by atoms with Crippen molar-refractivity contribution < 1.29 is 14.3 Å². The lowest BCUT2D eigenvalue weighted by atomic mass is 10.3. The van der Waals surface area contributed by atoms with Gasteiger partial charge < -0.3 is 10.1 Å². The fourth-order valence-corrected chi connectivity index (χ4v) is 2.20. The molecule has 0 fully saturated rings. The van der Waals surface area contributed by atoms with E-state index < -0.39 is 0 Å². The molecule has 7 heteroatoms. The SMILES string of the molecule is CCN(CC)CC(=O)Nc1nc(CC(=O)OC)cs1. The molecular weight excluding hydrogens is 266 g/mol. The van der Waals surface area contributed by atoms with Crippen LogP contribution < -0.4 is 5.32 Å². The molecule has 1 aromatic rings. The number of anilines is 1. The zero-order valence-electron chi connectivity index (χ0n) is 11.4. The molecule has 0 aliphatic carbocycles. The number of hydrogen-bond acceptors (Lipinski definition) is 6. The lowest BCUT2D eigenvalue weighted by Gasteiger charge is -2.16. The van der Waals surface area contributed by atoms with Crippen LogP contribution >= 0.6 is 11.3 Å². The number of likely N-dealkylation sites (N-methyl/N-ethyl adjacent to an activating group) is 1. The summed E-state index contributed by atoms with van der Waals surface area (Å²) in [5.41, 5.74) is 0.606. The van der Waals surface area contributed by atoms with Gasteiger partial charge in [-0.1, -0.05) is 13.8 Å². The summed E-state index contributed by atoms with van der Waals surface area (Å²) in [5.74, 6) is -0.436. The molecule has 0 spiro atoms. The van der Waals surface area contributed by atoms with E-state index in [9.17, 15) is 9.59 Å². The second-order valence-corrected chi connectivity index (χ2v) is 4.76. The number of esters is 1. The smallest absolute Gasteiger partial charge is 0.311 e. The van der Waals surface area contributed by atoms with Crippen molar-refractivity contribution in [2.24, 2.45) is 0 Å². The van der Waals surface area contributed by atoms with Crippen molar-refractivity contribution in [3.63, 3.8) is 0 Å². The van der Waals surface area contributed by atoms with Crippen LogP contribution in [-0.2, 0) is 20.7 Å². The second kappa shape index (κ2) is 7.85. The van der Waals surface area contributed by atoms with Gasteiger partial charge in [0.25, 0.3) is 0 Å². The summed E-state index contributed by atoms with van der Waals surface area (Å²) in [6.07, 6.45) is 0.124. The predicted octanol–water partition coefficient (Wildman–Crippen LogP) is 1.14. The third-order valence-corrected chi connectivity index (χ3v) is 3.42. The van der Waals surface area contributed by atoms with E-state index in [-0.39, 0.29) is 18.3 Å². The summed E-state index contributed by atoms with van der Waals surface area (Å²) in [7, 11) is 1.33. The highest BCUT2D eigenvalue weighted by Crippen LogP contribution is 2.16. The van der Waals surface area contributed by atoms with Crippen molar-refractivity contribution in [2.45, 2.75) is 20.3 Å². The zero-order valence-corrected chi connectivity index (χ0v) is 12.2. The summed E-state index contributed by atoms with van der Waals surface area (Å²) < 4.78 is 4.56. The van der Waals surface area contributed by atoms with Crippen LogP contribution in [0.4, 0.5) is 5.13 Å². The second-order valence-electron chi connectivity index (χ2n) is 3.91. The first-order valence-corrected chi connectivity index (χ1v) is 7.00. The summed E-state index contributed by atoms with van der Waals surface area (Å²) in [4.78, 5) is 29.0. The minimum absolute atomic E-state index is 0.0948. The number of methoxy groups -OCH3 is 1. The van der Waals surface area contributed by atoms with Crippen LogP contribution in [0.15, 0.2) is 5.38 Å². The number of nitrogens with zero attached hydrogens (tertiary/aromatic N) is 2. The largest absolute Gasteiger partial charge is 0.469 e. The first kappa shape index (κ1) is 15.6. The highest BCUT2D eigenvalue weighted by Gasteiger charge is 2.11. The number of hydrogen-bond donors (Lipinski definition) is 1. The first-order chi connectivity index (χ1) is 9.08. The van der Waals surface area contributed by atoms with Crippen molar-refractivity contribution in [1.29, 1.82) is 0 Å². The first-order valence-electron chi connectivity index (χ1n) is 6.12. The Morgan fingerprint density at radius 1 is 1.42 bits per heavy atom. The van der Waals surface area contributed by atoms with E-state index in [0.29, 0.717) is 17.4 Å². The highest BCUT2D eigenvalue weighted by atomic mass is 32.1. The number of thiazole rings is 1. The Hall–Kier alpha value is -1.47. The molecule has 1 amide bonds. The molecule has 1 N–H and O–H groups in total. The van der Waals surface area contributed by atoms with Crippen molar-refractivity contribution in [3.8, 4) is 0 Å². The fraction of sp³-hybridized carbons (Fsp3) is 0.583. The van der Waals surface area contributed by atoms with Gasteiger partial charge in [0.15, 0.2) is 5.13 Å². The van der Waals surface area contributed by atoms with Gasteiger partial charge >= 0.3 is 5.97 Å². The van der Waals surface area contributed by atoms with Gasteiger partial charge in [0.2, 0.25) is 5.91 Å². The maximum absolute atomic E-state index is 11.8. The Morgan fingerprint density at radius 3 is 2.68 bits per heavy atom. The van der Waals surface area contributed by atoms with Crippen molar-refractivity contribution in [1.82, 2.24) is 9.88 Å². The van der Waals surface area contributed by atoms with Crippen molar-refractivity contribution in [3.05, 3.63) is 11.1 Å². The van der Waals surface area contributed by atoms with Crippen LogP contribution in [0, 0.1) is 0 Å². The number of rotatable bonds is 7. The third kappa shape index (κ3) is 5.35. The van der Waals surface area contributed by atoms with Gasteiger partial charge in [0.05, 0.1) is 25.8 Å². The third-order valence-electron chi connectivity index (χ3n) is 2.61. The van der Waals surface area contributed by atoms with Crippen molar-refractivity contribution >= 4 is 28.3 Å². The Bertz CT molecular complexity index is 430. The maximum atomic E-state index is 11.8. The monoisotopic (exact) mass is 285 g/mol. The molecule has 6 nitrogen and oxygen atoms in total. The topological polar surface area (TPSA) is 71.5 Å². The Kier molecular flexibility index (Phi) is 6.44. The summed E-state index contributed by atoms with van der Waals surface area (Å²) >= 11 is 1.30. The Balaban J connectivity index is 2.49. The normalized spacial score (nSPS) is 10.5. The van der Waals surface area contributed by atoms with E-state index in [0.717, 1.165) is 13.1 Å². The number of carbonyl (C=O) groups excluding carboxylic acids is 2. The average Bonchev–Trinajstić information content (AvgIpc) is 2.82. The fourth-order valence-electron chi connectivity index (χ4n) is 1.47. The van der Waals surface area contributed by atoms with E-state index in [1.165, 1.54) is 18.4 Å². The molecule has 1 aromatic heterocycles. The van der Waals surface area contributed by atoms with E-state index in [4.69, 9.17) is 0 Å². The number of amides is 1. The van der Waals surface area contributed by atoms with Gasteiger partial charge in [-0.25, -0.2) is 4.98 Å². The molecule has 0 aliphatic heterocycles. The lowest BCUT2D eigenvalue weighted by Crippen LogP contribution is -2.32. The Labute approximate surface area is 116 Å². The van der Waals surface area contributed by atoms with Crippen LogP contribution in [0.1, 0.15) is 19.5 Å². The van der Waals surface area contributed by atoms with E-state index in [1.807, 2.05) is 18.7 Å². The minimum atomic E-state index is -0.341. The Morgan fingerprint density at radius 2 is 2.11 bits per heavy atom. The summed E-state index contributed by atoms with van der Waals surface area (Å²) in [5, 5.41) is 4.98. The number of ether oxygens (including phenoxy) is 1. The molecular formula is C12H19N3O3S. The summed E-state index contributed by atoms with van der Waals surface area (Å²) in [6, 6.07) is 0. The number of aromatic nitrogens is 1. The molecule has 0 aromatic carbocycles. The van der Waals surface area contributed by atoms with Crippen LogP contribution in [0.3, 0.4) is 0 Å². The highest BCUT2D eigenvalue weighted by molar-refractivity contribution is 7.13. The number of nitrogens with one attached hydrogen (secondary N) is 1. The minimum Gasteiger partial charge on any atom is -0.469 e. The van der Waals surface area contributed by atoms with Gasteiger partial charge in [-0.2, -0.15) is 0 Å². The van der Waals surface area contributed by atoms with Gasteiger partial charge in [-0.05, 0) is 13.1 Å². The van der Waals surface area contributed by atoms with Gasteiger partial charge in [0, 0.05) is 5.38 Å². The molecule has 0 bridgehead atoms. The molecule has 0 aliphatic rings. The number of carbonyl (C=O) groups is 2. The molecule has 1 heterocycles. The molecule has 0 unspecified atom stereocenters. The molecule has 0 saturated heterocycles. The van der Waals surface area contributed by atoms with E-state index >= 15 is 0 Å². The maximum Gasteiger partial charge on any atom is 0.311 e. The van der Waals surface area contributed by atoms with Gasteiger partial charge in [-0.3, -0.25) is 14.5 Å². The molecule has 0 atom stereocenters. The molecule has 0 radical (unpaired) electrons. The van der Waals surface area contributed by atoms with Crippen molar-refractivity contribution in [2.75, 3.05) is 32.1 Å². The summed E-state index contributed by atoms with van der Waals surface area (Å²) in [6.45, 7) is 6.02. The molecule has 106 valence electrons. The lowest BCUT2D eigenvalue weighted by molar-refractivity contribution is -0.139. The zero-order chi connectivity index (χ0) is 14.3. The molecule has 19 heavy (non-hydrogen) atoms. The van der Waals surface area contributed by atoms with Gasteiger partial charge in [-0.15, -0.1) is 11.3 Å². The van der Waals surface area contributed by atoms with E-state index in [2.05, 4.69) is 15.0 Å². The van der Waals surface area contributed by atoms with Crippen LogP contribution in [0.5, 0.6) is 0 Å². The average molecular weight is 285 g/mol. The molecule has 1 rings (SSSR count). The molecule has 0 saturated carbocycles. The van der Waals surface area contributed by atoms with Crippen LogP contribution in [0.25, 0.3) is 0 Å². The van der Waals surface area contributed by atoms with E-state index in [1.54, 1.807) is 5.38 Å². The predicted molar refractivity (Wildman–Crippen MR) is 74.3 cm³/mol. The quantitative estimate of drug-likeness (QED) is 0.761. The van der Waals surface area contributed by atoms with Crippen LogP contribution in [0.2, 0.25) is 0 Å².